The Labute approximate surface area is 79.7 Å². The lowest BCUT2D eigenvalue weighted by atomic mass is 9.99. The molecule has 13 heavy (non-hydrogen) atoms. The molecule has 1 aromatic rings. The lowest BCUT2D eigenvalue weighted by Crippen LogP contribution is -1.97. The highest BCUT2D eigenvalue weighted by Gasteiger charge is 2.09. The van der Waals surface area contributed by atoms with E-state index in [1.54, 1.807) is 7.11 Å². The molecule has 0 radical (unpaired) electrons. The van der Waals surface area contributed by atoms with Gasteiger partial charge in [-0.3, -0.25) is 0 Å². The second kappa shape index (κ2) is 4.00. The molecule has 0 saturated heterocycles. The van der Waals surface area contributed by atoms with Crippen LogP contribution < -0.4 is 4.74 Å². The predicted molar refractivity (Wildman–Crippen MR) is 55.0 cm³/mol. The topological polar surface area (TPSA) is 9.23 Å². The minimum Gasteiger partial charge on any atom is -0.496 e. The number of rotatable bonds is 2. The first-order valence-corrected chi connectivity index (χ1v) is 4.30. The fourth-order valence-corrected chi connectivity index (χ4v) is 1.38. The molecule has 1 nitrogen and oxygen atoms in total. The Morgan fingerprint density at radius 3 is 2.69 bits per heavy atom. The van der Waals surface area contributed by atoms with Crippen LogP contribution >= 0.6 is 0 Å². The van der Waals surface area contributed by atoms with Gasteiger partial charge in [0.2, 0.25) is 0 Å². The van der Waals surface area contributed by atoms with Gasteiger partial charge in [0.05, 0.1) is 7.11 Å². The van der Waals surface area contributed by atoms with Gasteiger partial charge in [-0.1, -0.05) is 24.1 Å². The molecule has 0 aromatic heterocycles. The van der Waals surface area contributed by atoms with Crippen LogP contribution in [0.15, 0.2) is 18.2 Å². The highest BCUT2D eigenvalue weighted by atomic mass is 16.5. The third-order valence-electron chi connectivity index (χ3n) is 2.16. The Balaban J connectivity index is 3.21. The maximum Gasteiger partial charge on any atom is 0.126 e. The number of ether oxygens (including phenoxy) is 1. The Morgan fingerprint density at radius 1 is 1.46 bits per heavy atom. The minimum atomic E-state index is 0.106. The van der Waals surface area contributed by atoms with Crippen molar-refractivity contribution in [1.29, 1.82) is 0 Å². The molecule has 0 aliphatic rings. The van der Waals surface area contributed by atoms with Crippen molar-refractivity contribution >= 4 is 0 Å². The van der Waals surface area contributed by atoms with Gasteiger partial charge in [0, 0.05) is 11.5 Å². The third kappa shape index (κ3) is 1.84. The van der Waals surface area contributed by atoms with E-state index in [1.165, 1.54) is 0 Å². The summed E-state index contributed by atoms with van der Waals surface area (Å²) in [4.78, 5) is 0. The summed E-state index contributed by atoms with van der Waals surface area (Å²) in [6.07, 6.45) is 5.37. The Kier molecular flexibility index (Phi) is 2.97. The average Bonchev–Trinajstić information content (AvgIpc) is 2.16. The first-order chi connectivity index (χ1) is 6.20. The molecule has 0 spiro atoms. The molecule has 0 aliphatic carbocycles. The molecule has 0 bridgehead atoms. The normalized spacial score (nSPS) is 11.8. The van der Waals surface area contributed by atoms with Gasteiger partial charge >= 0.3 is 0 Å². The molecule has 1 rings (SSSR count). The van der Waals surface area contributed by atoms with Gasteiger partial charge in [0.15, 0.2) is 0 Å². The van der Waals surface area contributed by atoms with E-state index >= 15 is 0 Å². The van der Waals surface area contributed by atoms with Crippen LogP contribution in [0.4, 0.5) is 0 Å². The van der Waals surface area contributed by atoms with Gasteiger partial charge in [0.1, 0.15) is 5.75 Å². The Bertz CT molecular complexity index is 333. The van der Waals surface area contributed by atoms with Crippen LogP contribution in [0.1, 0.15) is 24.0 Å². The Morgan fingerprint density at radius 2 is 2.15 bits per heavy atom. The highest BCUT2D eigenvalue weighted by Crippen LogP contribution is 2.28. The molecule has 68 valence electrons. The van der Waals surface area contributed by atoms with Crippen LogP contribution in [0.2, 0.25) is 0 Å². The van der Waals surface area contributed by atoms with E-state index in [2.05, 4.69) is 5.92 Å². The molecule has 1 unspecified atom stereocenters. The molecular formula is C12H14O. The number of benzene rings is 1. The lowest BCUT2D eigenvalue weighted by Gasteiger charge is -2.12. The number of terminal acetylenes is 1. The van der Waals surface area contributed by atoms with E-state index in [1.807, 2.05) is 32.0 Å². The summed E-state index contributed by atoms with van der Waals surface area (Å²) < 4.78 is 5.30. The van der Waals surface area contributed by atoms with Crippen molar-refractivity contribution in [3.63, 3.8) is 0 Å². The number of hydrogen-bond donors (Lipinski definition) is 0. The summed E-state index contributed by atoms with van der Waals surface area (Å²) in [5, 5.41) is 0. The molecule has 0 saturated carbocycles. The van der Waals surface area contributed by atoms with Gasteiger partial charge < -0.3 is 4.74 Å². The van der Waals surface area contributed by atoms with E-state index in [4.69, 9.17) is 11.2 Å². The van der Waals surface area contributed by atoms with Gasteiger partial charge in [-0.25, -0.2) is 0 Å². The summed E-state index contributed by atoms with van der Waals surface area (Å²) in [5.74, 6) is 3.72. The van der Waals surface area contributed by atoms with Crippen molar-refractivity contribution in [2.24, 2.45) is 0 Å². The van der Waals surface area contributed by atoms with E-state index in [0.717, 1.165) is 16.9 Å². The van der Waals surface area contributed by atoms with Crippen molar-refractivity contribution in [2.75, 3.05) is 7.11 Å². The lowest BCUT2D eigenvalue weighted by molar-refractivity contribution is 0.406. The quantitative estimate of drug-likeness (QED) is 0.626. The van der Waals surface area contributed by atoms with Crippen molar-refractivity contribution in [2.45, 2.75) is 19.8 Å². The summed E-state index contributed by atoms with van der Waals surface area (Å²) in [5.41, 5.74) is 2.21. The van der Waals surface area contributed by atoms with Crippen LogP contribution in [0.5, 0.6) is 5.75 Å². The summed E-state index contributed by atoms with van der Waals surface area (Å²) in [6, 6.07) is 6.03. The zero-order chi connectivity index (χ0) is 9.84. The molecule has 1 atom stereocenters. The first-order valence-electron chi connectivity index (χ1n) is 4.30. The average molecular weight is 174 g/mol. The van der Waals surface area contributed by atoms with Crippen molar-refractivity contribution in [3.8, 4) is 18.1 Å². The zero-order valence-corrected chi connectivity index (χ0v) is 8.29. The van der Waals surface area contributed by atoms with Crippen molar-refractivity contribution in [3.05, 3.63) is 29.3 Å². The first kappa shape index (κ1) is 9.67. The molecule has 0 amide bonds. The molecule has 0 fully saturated rings. The van der Waals surface area contributed by atoms with E-state index in [0.29, 0.717) is 0 Å². The fraction of sp³-hybridized carbons (Fsp3) is 0.333. The van der Waals surface area contributed by atoms with Gasteiger partial charge in [-0.05, 0) is 19.4 Å². The van der Waals surface area contributed by atoms with E-state index in [-0.39, 0.29) is 5.92 Å². The summed E-state index contributed by atoms with van der Waals surface area (Å²) in [6.45, 7) is 4.02. The van der Waals surface area contributed by atoms with Gasteiger partial charge in [0.25, 0.3) is 0 Å². The van der Waals surface area contributed by atoms with Crippen LogP contribution in [0.3, 0.4) is 0 Å². The summed E-state index contributed by atoms with van der Waals surface area (Å²) >= 11 is 0. The summed E-state index contributed by atoms with van der Waals surface area (Å²) in [7, 11) is 1.68. The zero-order valence-electron chi connectivity index (χ0n) is 8.29. The smallest absolute Gasteiger partial charge is 0.126 e. The number of hydrogen-bond acceptors (Lipinski definition) is 1. The van der Waals surface area contributed by atoms with Crippen molar-refractivity contribution < 1.29 is 4.74 Å². The van der Waals surface area contributed by atoms with Crippen LogP contribution in [-0.4, -0.2) is 7.11 Å². The molecule has 1 heteroatoms. The standard InChI is InChI=1S/C12H14O/c1-5-9(2)11-8-6-7-10(3)12(11)13-4/h1,6-9H,2-4H3. The molecular weight excluding hydrogens is 160 g/mol. The SMILES string of the molecule is C#CC(C)c1cccc(C)c1OC. The second-order valence-electron chi connectivity index (χ2n) is 3.09. The van der Waals surface area contributed by atoms with Crippen LogP contribution in [0, 0.1) is 19.3 Å². The van der Waals surface area contributed by atoms with E-state index in [9.17, 15) is 0 Å². The fourth-order valence-electron chi connectivity index (χ4n) is 1.38. The van der Waals surface area contributed by atoms with Gasteiger partial charge in [-0.15, -0.1) is 6.42 Å². The minimum absolute atomic E-state index is 0.106. The predicted octanol–water partition coefficient (Wildman–Crippen LogP) is 2.74. The molecule has 0 heterocycles. The number of para-hydroxylation sites is 1. The molecule has 0 aliphatic heterocycles. The van der Waals surface area contributed by atoms with Crippen LogP contribution in [0.25, 0.3) is 0 Å². The molecule has 0 N–H and O–H groups in total. The maximum absolute atomic E-state index is 5.37. The van der Waals surface area contributed by atoms with Crippen LogP contribution in [-0.2, 0) is 0 Å². The molecule has 1 aromatic carbocycles. The maximum atomic E-state index is 5.37. The monoisotopic (exact) mass is 174 g/mol. The van der Waals surface area contributed by atoms with E-state index < -0.39 is 0 Å². The second-order valence-corrected chi connectivity index (χ2v) is 3.09. The third-order valence-corrected chi connectivity index (χ3v) is 2.16. The van der Waals surface area contributed by atoms with Gasteiger partial charge in [-0.2, -0.15) is 0 Å². The van der Waals surface area contributed by atoms with Crippen molar-refractivity contribution in [1.82, 2.24) is 0 Å². The largest absolute Gasteiger partial charge is 0.496 e. The Hall–Kier alpha value is -1.42. The highest BCUT2D eigenvalue weighted by molar-refractivity contribution is 5.44. The number of methoxy groups -OCH3 is 1. The number of aryl methyl sites for hydroxylation is 1.